The highest BCUT2D eigenvalue weighted by molar-refractivity contribution is 7.90. The predicted molar refractivity (Wildman–Crippen MR) is 85.8 cm³/mol. The minimum absolute atomic E-state index is 0.308. The Labute approximate surface area is 132 Å². The number of hydrogen-bond acceptors (Lipinski definition) is 5. The Morgan fingerprint density at radius 1 is 1.29 bits per heavy atom. The SMILES string of the molecule is COc1nc2ccc(Cl)cc2nc1CN[S+]([O-])C(C)(C)C. The normalized spacial score (nSPS) is 13.4. The van der Waals surface area contributed by atoms with Crippen LogP contribution in [-0.4, -0.2) is 26.4 Å². The van der Waals surface area contributed by atoms with Crippen LogP contribution in [-0.2, 0) is 17.9 Å². The number of methoxy groups -OCH3 is 1. The van der Waals surface area contributed by atoms with Crippen molar-refractivity contribution >= 4 is 34.0 Å². The third-order valence-corrected chi connectivity index (χ3v) is 4.54. The summed E-state index contributed by atoms with van der Waals surface area (Å²) in [5, 5.41) is 0.596. The van der Waals surface area contributed by atoms with E-state index >= 15 is 0 Å². The summed E-state index contributed by atoms with van der Waals surface area (Å²) in [5.41, 5.74) is 1.99. The van der Waals surface area contributed by atoms with E-state index in [1.165, 1.54) is 7.11 Å². The Morgan fingerprint density at radius 3 is 2.62 bits per heavy atom. The molecule has 0 saturated carbocycles. The lowest BCUT2D eigenvalue weighted by molar-refractivity contribution is 0.390. The molecule has 0 radical (unpaired) electrons. The van der Waals surface area contributed by atoms with Gasteiger partial charge >= 0.3 is 0 Å². The molecule has 0 aliphatic carbocycles. The maximum Gasteiger partial charge on any atom is 0.237 e. The maximum atomic E-state index is 12.0. The lowest BCUT2D eigenvalue weighted by Crippen LogP contribution is -2.39. The quantitative estimate of drug-likeness (QED) is 0.874. The average molecular weight is 328 g/mol. The molecular formula is C14H18ClN3O2S. The van der Waals surface area contributed by atoms with Gasteiger partial charge in [-0.25, -0.2) is 9.97 Å². The fraction of sp³-hybridized carbons (Fsp3) is 0.429. The van der Waals surface area contributed by atoms with Gasteiger partial charge in [0.25, 0.3) is 0 Å². The van der Waals surface area contributed by atoms with Gasteiger partial charge in [-0.1, -0.05) is 11.6 Å². The van der Waals surface area contributed by atoms with Gasteiger partial charge in [0.2, 0.25) is 5.88 Å². The van der Waals surface area contributed by atoms with Crippen LogP contribution in [0.4, 0.5) is 0 Å². The van der Waals surface area contributed by atoms with Gasteiger partial charge in [-0.15, -0.1) is 4.72 Å². The molecule has 1 unspecified atom stereocenters. The molecule has 0 spiro atoms. The van der Waals surface area contributed by atoms with E-state index in [0.29, 0.717) is 34.2 Å². The molecule has 2 aromatic rings. The first kappa shape index (κ1) is 16.3. The van der Waals surface area contributed by atoms with Crippen LogP contribution in [0.15, 0.2) is 18.2 Å². The van der Waals surface area contributed by atoms with Crippen LogP contribution in [0.1, 0.15) is 26.5 Å². The number of aromatic nitrogens is 2. The number of hydrogen-bond donors (Lipinski definition) is 1. The Bertz CT molecular complexity index is 646. The summed E-state index contributed by atoms with van der Waals surface area (Å²) in [4.78, 5) is 8.88. The van der Waals surface area contributed by atoms with Crippen molar-refractivity contribution in [2.24, 2.45) is 0 Å². The van der Waals surface area contributed by atoms with Gasteiger partial charge in [-0.3, -0.25) is 0 Å². The zero-order chi connectivity index (χ0) is 15.6. The molecule has 0 fully saturated rings. The summed E-state index contributed by atoms with van der Waals surface area (Å²) in [6.07, 6.45) is 0. The van der Waals surface area contributed by atoms with Gasteiger partial charge in [0, 0.05) is 16.4 Å². The van der Waals surface area contributed by atoms with Crippen LogP contribution < -0.4 is 9.46 Å². The second-order valence-corrected chi connectivity index (χ2v) is 8.00. The van der Waals surface area contributed by atoms with E-state index < -0.39 is 11.4 Å². The molecular weight excluding hydrogens is 310 g/mol. The minimum Gasteiger partial charge on any atom is -0.598 e. The van der Waals surface area contributed by atoms with Crippen molar-refractivity contribution in [1.29, 1.82) is 0 Å². The van der Waals surface area contributed by atoms with Gasteiger partial charge in [0.15, 0.2) is 0 Å². The van der Waals surface area contributed by atoms with E-state index in [0.717, 1.165) is 0 Å². The first-order valence-corrected chi connectivity index (χ1v) is 7.99. The van der Waals surface area contributed by atoms with E-state index in [1.54, 1.807) is 18.2 Å². The van der Waals surface area contributed by atoms with Crippen LogP contribution >= 0.6 is 11.6 Å². The summed E-state index contributed by atoms with van der Waals surface area (Å²) in [7, 11) is 1.54. The lowest BCUT2D eigenvalue weighted by atomic mass is 10.3. The first-order valence-electron chi connectivity index (χ1n) is 6.47. The molecule has 1 heterocycles. The molecule has 2 rings (SSSR count). The van der Waals surface area contributed by atoms with Crippen molar-refractivity contribution in [3.05, 3.63) is 28.9 Å². The molecule has 0 bridgehead atoms. The largest absolute Gasteiger partial charge is 0.598 e. The lowest BCUT2D eigenvalue weighted by Gasteiger charge is -2.23. The minimum atomic E-state index is -1.19. The molecule has 1 aromatic heterocycles. The smallest absolute Gasteiger partial charge is 0.237 e. The van der Waals surface area contributed by atoms with Gasteiger partial charge in [0.1, 0.15) is 10.4 Å². The summed E-state index contributed by atoms with van der Waals surface area (Å²) < 4.78 is 19.9. The average Bonchev–Trinajstić information content (AvgIpc) is 2.42. The number of rotatable bonds is 4. The van der Waals surface area contributed by atoms with Crippen LogP contribution in [0.25, 0.3) is 11.0 Å². The molecule has 114 valence electrons. The van der Waals surface area contributed by atoms with Crippen molar-refractivity contribution < 1.29 is 9.29 Å². The summed E-state index contributed by atoms with van der Waals surface area (Å²) in [6.45, 7) is 6.01. The Hall–Kier alpha value is -1.08. The van der Waals surface area contributed by atoms with E-state index in [1.807, 2.05) is 20.8 Å². The highest BCUT2D eigenvalue weighted by Gasteiger charge is 2.26. The maximum absolute atomic E-state index is 12.0. The van der Waals surface area contributed by atoms with Crippen molar-refractivity contribution in [3.63, 3.8) is 0 Å². The van der Waals surface area contributed by atoms with Crippen LogP contribution in [0.3, 0.4) is 0 Å². The topological polar surface area (TPSA) is 70.1 Å². The zero-order valence-electron chi connectivity index (χ0n) is 12.4. The standard InChI is InChI=1S/C14H18ClN3O2S/c1-14(2,3)21(19)16-8-12-13(20-4)18-10-6-5-9(15)7-11(10)17-12/h5-7,16H,8H2,1-4H3. The molecule has 0 saturated heterocycles. The van der Waals surface area contributed by atoms with Gasteiger partial charge < -0.3 is 9.29 Å². The van der Waals surface area contributed by atoms with Crippen molar-refractivity contribution in [3.8, 4) is 5.88 Å². The number of halogens is 1. The first-order chi connectivity index (χ1) is 9.81. The van der Waals surface area contributed by atoms with E-state index in [9.17, 15) is 4.55 Å². The highest BCUT2D eigenvalue weighted by atomic mass is 35.5. The van der Waals surface area contributed by atoms with Crippen molar-refractivity contribution in [2.45, 2.75) is 32.1 Å². The molecule has 0 aliphatic heterocycles. The van der Waals surface area contributed by atoms with E-state index in [-0.39, 0.29) is 4.75 Å². The fourth-order valence-electron chi connectivity index (χ4n) is 1.68. The van der Waals surface area contributed by atoms with Crippen molar-refractivity contribution in [2.75, 3.05) is 7.11 Å². The predicted octanol–water partition coefficient (Wildman–Crippen LogP) is 2.84. The third kappa shape index (κ3) is 3.97. The van der Waals surface area contributed by atoms with Gasteiger partial charge in [-0.2, -0.15) is 0 Å². The third-order valence-electron chi connectivity index (χ3n) is 2.78. The fourth-order valence-corrected chi connectivity index (χ4v) is 2.54. The van der Waals surface area contributed by atoms with E-state index in [2.05, 4.69) is 14.7 Å². The summed E-state index contributed by atoms with van der Waals surface area (Å²) >= 11 is 4.78. The Morgan fingerprint density at radius 2 is 2.00 bits per heavy atom. The number of ether oxygens (including phenoxy) is 1. The Balaban J connectivity index is 2.29. The molecule has 21 heavy (non-hydrogen) atoms. The molecule has 1 aromatic carbocycles. The Kier molecular flexibility index (Phi) is 4.93. The zero-order valence-corrected chi connectivity index (χ0v) is 14.0. The monoisotopic (exact) mass is 327 g/mol. The van der Waals surface area contributed by atoms with Gasteiger partial charge in [0.05, 0.1) is 24.7 Å². The van der Waals surface area contributed by atoms with E-state index in [4.69, 9.17) is 16.3 Å². The number of fused-ring (bicyclic) bond motifs is 1. The number of nitrogens with zero attached hydrogens (tertiary/aromatic N) is 2. The number of benzene rings is 1. The van der Waals surface area contributed by atoms with Crippen LogP contribution in [0.2, 0.25) is 5.02 Å². The second-order valence-electron chi connectivity index (χ2n) is 5.51. The van der Waals surface area contributed by atoms with Crippen molar-refractivity contribution in [1.82, 2.24) is 14.7 Å². The summed E-state index contributed by atoms with van der Waals surface area (Å²) in [6, 6.07) is 5.29. The van der Waals surface area contributed by atoms with Crippen LogP contribution in [0.5, 0.6) is 5.88 Å². The highest BCUT2D eigenvalue weighted by Crippen LogP contribution is 2.22. The molecule has 1 atom stereocenters. The molecule has 1 N–H and O–H groups in total. The molecule has 0 amide bonds. The van der Waals surface area contributed by atoms with Crippen LogP contribution in [0, 0.1) is 0 Å². The number of nitrogens with one attached hydrogen (secondary N) is 1. The summed E-state index contributed by atoms with van der Waals surface area (Å²) in [5.74, 6) is 0.420. The molecule has 5 nitrogen and oxygen atoms in total. The molecule has 0 aliphatic rings. The second kappa shape index (κ2) is 6.36. The van der Waals surface area contributed by atoms with Gasteiger partial charge in [-0.05, 0) is 39.0 Å². The molecule has 7 heteroatoms.